The summed E-state index contributed by atoms with van der Waals surface area (Å²) in [5.74, 6) is 1.06. The van der Waals surface area contributed by atoms with Crippen LogP contribution < -0.4 is 5.32 Å². The van der Waals surface area contributed by atoms with Crippen LogP contribution in [0.3, 0.4) is 0 Å². The first-order valence-corrected chi connectivity index (χ1v) is 6.30. The summed E-state index contributed by atoms with van der Waals surface area (Å²) >= 11 is 0. The molecule has 1 heterocycles. The molecule has 0 fully saturated rings. The van der Waals surface area contributed by atoms with Gasteiger partial charge in [0.1, 0.15) is 5.76 Å². The highest BCUT2D eigenvalue weighted by Crippen LogP contribution is 2.14. The van der Waals surface area contributed by atoms with Gasteiger partial charge in [0.15, 0.2) is 0 Å². The van der Waals surface area contributed by atoms with Crippen molar-refractivity contribution in [2.45, 2.75) is 39.9 Å². The molecular weight excluding hydrogens is 212 g/mol. The molecule has 1 aromatic rings. The van der Waals surface area contributed by atoms with Gasteiger partial charge in [-0.25, -0.2) is 0 Å². The van der Waals surface area contributed by atoms with Crippen molar-refractivity contribution in [3.8, 4) is 0 Å². The van der Waals surface area contributed by atoms with Crippen LogP contribution in [0.2, 0.25) is 0 Å². The van der Waals surface area contributed by atoms with Crippen molar-refractivity contribution in [3.05, 3.63) is 36.3 Å². The summed E-state index contributed by atoms with van der Waals surface area (Å²) in [5.41, 5.74) is 1.25. The summed E-state index contributed by atoms with van der Waals surface area (Å²) in [6.07, 6.45) is 3.71. The van der Waals surface area contributed by atoms with Crippen LogP contribution in [-0.2, 0) is 13.1 Å². The average molecular weight is 236 g/mol. The van der Waals surface area contributed by atoms with E-state index in [1.807, 2.05) is 12.1 Å². The molecule has 1 N–H and O–H groups in total. The van der Waals surface area contributed by atoms with Gasteiger partial charge in [-0.3, -0.25) is 4.90 Å². The number of rotatable bonds is 8. The van der Waals surface area contributed by atoms with E-state index in [0.717, 1.165) is 31.9 Å². The van der Waals surface area contributed by atoms with Crippen LogP contribution in [0.15, 0.2) is 29.4 Å². The molecule has 0 aliphatic carbocycles. The van der Waals surface area contributed by atoms with E-state index < -0.39 is 0 Å². The Morgan fingerprint density at radius 3 is 2.88 bits per heavy atom. The second-order valence-corrected chi connectivity index (χ2v) is 4.46. The molecule has 3 heteroatoms. The predicted molar refractivity (Wildman–Crippen MR) is 71.8 cm³/mol. The Morgan fingerprint density at radius 1 is 1.53 bits per heavy atom. The fraction of sp³-hybridized carbons (Fsp3) is 0.571. The van der Waals surface area contributed by atoms with Crippen molar-refractivity contribution in [2.24, 2.45) is 0 Å². The number of hydrogen-bond donors (Lipinski definition) is 1. The summed E-state index contributed by atoms with van der Waals surface area (Å²) < 4.78 is 5.57. The highest BCUT2D eigenvalue weighted by molar-refractivity contribution is 5.17. The summed E-state index contributed by atoms with van der Waals surface area (Å²) in [4.78, 5) is 2.33. The number of hydrogen-bond acceptors (Lipinski definition) is 3. The fourth-order valence-electron chi connectivity index (χ4n) is 1.73. The van der Waals surface area contributed by atoms with E-state index in [9.17, 15) is 0 Å². The molecule has 0 unspecified atom stereocenters. The van der Waals surface area contributed by atoms with E-state index in [0.29, 0.717) is 6.04 Å². The minimum absolute atomic E-state index is 0.491. The van der Waals surface area contributed by atoms with Crippen LogP contribution in [0.4, 0.5) is 0 Å². The summed E-state index contributed by atoms with van der Waals surface area (Å²) in [6, 6.07) is 2.54. The van der Waals surface area contributed by atoms with Crippen LogP contribution in [0.5, 0.6) is 0 Å². The number of furan rings is 1. The molecule has 1 rings (SSSR count). The van der Waals surface area contributed by atoms with Crippen LogP contribution in [-0.4, -0.2) is 24.0 Å². The van der Waals surface area contributed by atoms with Gasteiger partial charge >= 0.3 is 0 Å². The minimum atomic E-state index is 0.491. The van der Waals surface area contributed by atoms with Gasteiger partial charge < -0.3 is 9.73 Å². The first-order valence-electron chi connectivity index (χ1n) is 6.30. The van der Waals surface area contributed by atoms with Crippen molar-refractivity contribution in [2.75, 3.05) is 13.1 Å². The van der Waals surface area contributed by atoms with Gasteiger partial charge in [0, 0.05) is 24.7 Å². The Balaban J connectivity index is 2.64. The fourth-order valence-corrected chi connectivity index (χ4v) is 1.73. The third-order valence-corrected chi connectivity index (χ3v) is 2.84. The first kappa shape index (κ1) is 14.0. The van der Waals surface area contributed by atoms with Gasteiger partial charge in [-0.1, -0.05) is 13.0 Å². The standard InChI is InChI=1S/C14H24N2O/c1-5-8-16(12(3)4)11-14-13(7-9-17-14)10-15-6-2/h5,7,9,12,15H,1,6,8,10-11H2,2-4H3. The SMILES string of the molecule is C=CCN(Cc1occc1CNCC)C(C)C. The molecule has 0 aromatic carbocycles. The van der Waals surface area contributed by atoms with Crippen LogP contribution >= 0.6 is 0 Å². The third-order valence-electron chi connectivity index (χ3n) is 2.84. The Labute approximate surface area is 104 Å². The predicted octanol–water partition coefficient (Wildman–Crippen LogP) is 2.79. The van der Waals surface area contributed by atoms with Gasteiger partial charge in [0.2, 0.25) is 0 Å². The van der Waals surface area contributed by atoms with Gasteiger partial charge in [-0.15, -0.1) is 6.58 Å². The normalized spacial score (nSPS) is 11.4. The van der Waals surface area contributed by atoms with E-state index in [-0.39, 0.29) is 0 Å². The van der Waals surface area contributed by atoms with E-state index in [4.69, 9.17) is 4.42 Å². The molecule has 0 bridgehead atoms. The second-order valence-electron chi connectivity index (χ2n) is 4.46. The van der Waals surface area contributed by atoms with Gasteiger partial charge in [0.25, 0.3) is 0 Å². The maximum absolute atomic E-state index is 5.57. The van der Waals surface area contributed by atoms with E-state index in [2.05, 4.69) is 37.6 Å². The molecule has 96 valence electrons. The van der Waals surface area contributed by atoms with Crippen LogP contribution in [0, 0.1) is 0 Å². The topological polar surface area (TPSA) is 28.4 Å². The maximum Gasteiger partial charge on any atom is 0.122 e. The molecule has 0 saturated carbocycles. The summed E-state index contributed by atoms with van der Waals surface area (Å²) in [6.45, 7) is 13.9. The van der Waals surface area contributed by atoms with E-state index in [1.165, 1.54) is 5.56 Å². The van der Waals surface area contributed by atoms with E-state index >= 15 is 0 Å². The Hall–Kier alpha value is -1.06. The maximum atomic E-state index is 5.57. The zero-order chi connectivity index (χ0) is 12.7. The molecule has 0 atom stereocenters. The second kappa shape index (κ2) is 7.30. The Morgan fingerprint density at radius 2 is 2.29 bits per heavy atom. The smallest absolute Gasteiger partial charge is 0.122 e. The molecule has 17 heavy (non-hydrogen) atoms. The van der Waals surface area contributed by atoms with Crippen molar-refractivity contribution >= 4 is 0 Å². The highest BCUT2D eigenvalue weighted by atomic mass is 16.3. The molecule has 1 aromatic heterocycles. The molecule has 0 radical (unpaired) electrons. The zero-order valence-corrected chi connectivity index (χ0v) is 11.2. The van der Waals surface area contributed by atoms with Crippen molar-refractivity contribution in [1.82, 2.24) is 10.2 Å². The lowest BCUT2D eigenvalue weighted by Gasteiger charge is -2.24. The lowest BCUT2D eigenvalue weighted by molar-refractivity contribution is 0.217. The first-order chi connectivity index (χ1) is 8.19. The molecule has 0 amide bonds. The molecule has 0 aliphatic heterocycles. The molecule has 3 nitrogen and oxygen atoms in total. The quantitative estimate of drug-likeness (QED) is 0.704. The van der Waals surface area contributed by atoms with Crippen LogP contribution in [0.1, 0.15) is 32.1 Å². The zero-order valence-electron chi connectivity index (χ0n) is 11.2. The Kier molecular flexibility index (Phi) is 6.01. The lowest BCUT2D eigenvalue weighted by atomic mass is 10.2. The van der Waals surface area contributed by atoms with Crippen molar-refractivity contribution in [3.63, 3.8) is 0 Å². The van der Waals surface area contributed by atoms with Crippen LogP contribution in [0.25, 0.3) is 0 Å². The molecular formula is C14H24N2O. The highest BCUT2D eigenvalue weighted by Gasteiger charge is 2.13. The number of nitrogens with zero attached hydrogens (tertiary/aromatic N) is 1. The molecule has 0 saturated heterocycles. The Bertz CT molecular complexity index is 331. The van der Waals surface area contributed by atoms with Crippen molar-refractivity contribution < 1.29 is 4.42 Å². The van der Waals surface area contributed by atoms with Gasteiger partial charge in [-0.05, 0) is 26.5 Å². The monoisotopic (exact) mass is 236 g/mol. The van der Waals surface area contributed by atoms with Crippen molar-refractivity contribution in [1.29, 1.82) is 0 Å². The van der Waals surface area contributed by atoms with Gasteiger partial charge in [0.05, 0.1) is 12.8 Å². The molecule has 0 spiro atoms. The lowest BCUT2D eigenvalue weighted by Crippen LogP contribution is -2.30. The summed E-state index contributed by atoms with van der Waals surface area (Å²) in [7, 11) is 0. The average Bonchev–Trinajstić information content (AvgIpc) is 2.73. The summed E-state index contributed by atoms with van der Waals surface area (Å²) in [5, 5.41) is 3.33. The number of nitrogens with one attached hydrogen (secondary N) is 1. The largest absolute Gasteiger partial charge is 0.468 e. The molecule has 0 aliphatic rings. The third kappa shape index (κ3) is 4.36. The van der Waals surface area contributed by atoms with Gasteiger partial charge in [-0.2, -0.15) is 0 Å². The minimum Gasteiger partial charge on any atom is -0.468 e. The van der Waals surface area contributed by atoms with E-state index in [1.54, 1.807) is 6.26 Å².